The SMILES string of the molecule is S=C1[O][Sn]2([O]1)[O]C(=S)[O]2. The summed E-state index contributed by atoms with van der Waals surface area (Å²) in [5.74, 6) is 0. The Labute approximate surface area is 67.1 Å². The van der Waals surface area contributed by atoms with E-state index in [2.05, 4.69) is 24.4 Å². The van der Waals surface area contributed by atoms with Crippen molar-refractivity contribution in [1.29, 1.82) is 0 Å². The Balaban J connectivity index is 2.01. The fourth-order valence-electron chi connectivity index (χ4n) is 0.507. The number of thiocarbonyl (C=S) groups is 2. The third-order valence-corrected chi connectivity index (χ3v) is 7.83. The van der Waals surface area contributed by atoms with Crippen LogP contribution in [-0.4, -0.2) is 30.5 Å². The quantitative estimate of drug-likeness (QED) is 0.459. The van der Waals surface area contributed by atoms with E-state index in [9.17, 15) is 0 Å². The van der Waals surface area contributed by atoms with Crippen LogP contribution in [0, 0.1) is 0 Å². The second-order valence-corrected chi connectivity index (χ2v) is 7.26. The standard InChI is InChI=1S/2CH2O2S.Sn/c2*2-1(3)4;/h2*(H2,2,3,4);/q;;+4/p-4. The van der Waals surface area contributed by atoms with Crippen LogP contribution in [0.2, 0.25) is 0 Å². The molecule has 0 bridgehead atoms. The average molecular weight is 271 g/mol. The predicted octanol–water partition coefficient (Wildman–Crippen LogP) is 0.0854. The van der Waals surface area contributed by atoms with Crippen LogP contribution in [0.15, 0.2) is 0 Å². The first-order valence-corrected chi connectivity index (χ1v) is 7.52. The summed E-state index contributed by atoms with van der Waals surface area (Å²) in [5, 5.41) is 0.210. The average Bonchev–Trinajstić information content (AvgIpc) is 1.58. The third kappa shape index (κ3) is 0.767. The summed E-state index contributed by atoms with van der Waals surface area (Å²) in [6.07, 6.45) is 0. The summed E-state index contributed by atoms with van der Waals surface area (Å²) in [4.78, 5) is 0. The molecule has 2 aliphatic heterocycles. The van der Waals surface area contributed by atoms with Crippen molar-refractivity contribution in [3.63, 3.8) is 0 Å². The molecule has 0 atom stereocenters. The minimum atomic E-state index is -3.37. The maximum absolute atomic E-state index is 4.82. The first-order chi connectivity index (χ1) is 4.20. The van der Waals surface area contributed by atoms with Crippen LogP contribution in [-0.2, 0) is 12.3 Å². The summed E-state index contributed by atoms with van der Waals surface area (Å²) in [6, 6.07) is 0. The van der Waals surface area contributed by atoms with Gasteiger partial charge in [-0.15, -0.1) is 0 Å². The summed E-state index contributed by atoms with van der Waals surface area (Å²) >= 11 is 5.59. The molecule has 2 rings (SSSR count). The van der Waals surface area contributed by atoms with Crippen molar-refractivity contribution < 1.29 is 12.3 Å². The Morgan fingerprint density at radius 3 is 1.44 bits per heavy atom. The number of hydrogen-bond donors (Lipinski definition) is 0. The van der Waals surface area contributed by atoms with E-state index >= 15 is 0 Å². The van der Waals surface area contributed by atoms with Crippen LogP contribution in [0.25, 0.3) is 0 Å². The van der Waals surface area contributed by atoms with Crippen LogP contribution >= 0.6 is 24.4 Å². The second kappa shape index (κ2) is 1.61. The van der Waals surface area contributed by atoms with Gasteiger partial charge in [0.05, 0.1) is 0 Å². The molecule has 2 fully saturated rings. The van der Waals surface area contributed by atoms with Gasteiger partial charge in [-0.05, 0) is 0 Å². The molecule has 7 heteroatoms. The van der Waals surface area contributed by atoms with Gasteiger partial charge in [0.1, 0.15) is 0 Å². The van der Waals surface area contributed by atoms with Gasteiger partial charge in [-0.25, -0.2) is 0 Å². The molecule has 0 saturated carbocycles. The molecule has 9 heavy (non-hydrogen) atoms. The second-order valence-electron chi connectivity index (χ2n) is 1.41. The van der Waals surface area contributed by atoms with Gasteiger partial charge in [0.15, 0.2) is 0 Å². The monoisotopic (exact) mass is 272 g/mol. The summed E-state index contributed by atoms with van der Waals surface area (Å²) in [7, 11) is 0. The van der Waals surface area contributed by atoms with Crippen LogP contribution in [0.4, 0.5) is 0 Å². The fraction of sp³-hybridized carbons (Fsp3) is 0. The molecule has 2 saturated heterocycles. The van der Waals surface area contributed by atoms with Gasteiger partial charge < -0.3 is 0 Å². The van der Waals surface area contributed by atoms with Gasteiger partial charge in [0.25, 0.3) is 0 Å². The molecule has 0 aliphatic carbocycles. The molecule has 2 aliphatic rings. The molecule has 1 spiro atoms. The molecule has 48 valence electrons. The van der Waals surface area contributed by atoms with Gasteiger partial charge >= 0.3 is 67.2 Å². The van der Waals surface area contributed by atoms with Crippen molar-refractivity contribution in [2.24, 2.45) is 0 Å². The molecule has 0 aromatic heterocycles. The summed E-state index contributed by atoms with van der Waals surface area (Å²) in [6.45, 7) is 0. The van der Waals surface area contributed by atoms with Gasteiger partial charge in [-0.2, -0.15) is 0 Å². The Morgan fingerprint density at radius 1 is 0.889 bits per heavy atom. The van der Waals surface area contributed by atoms with Crippen LogP contribution < -0.4 is 0 Å². The molecular weight excluding hydrogens is 271 g/mol. The Bertz CT molecular complexity index is 161. The zero-order valence-corrected chi connectivity index (χ0v) is 8.44. The zero-order chi connectivity index (χ0) is 6.48. The molecular formula is C2O4S2Sn. The fourth-order valence-corrected chi connectivity index (χ4v) is 6.14. The van der Waals surface area contributed by atoms with E-state index in [-0.39, 0.29) is 10.5 Å². The molecule has 4 nitrogen and oxygen atoms in total. The van der Waals surface area contributed by atoms with Crippen molar-refractivity contribution in [3.05, 3.63) is 0 Å². The van der Waals surface area contributed by atoms with Crippen molar-refractivity contribution in [2.75, 3.05) is 0 Å². The molecule has 0 amide bonds. The Hall–Kier alpha value is 0.179. The van der Waals surface area contributed by atoms with E-state index in [1.807, 2.05) is 0 Å². The molecule has 0 aromatic rings. The molecule has 0 aromatic carbocycles. The van der Waals surface area contributed by atoms with Crippen LogP contribution in [0.3, 0.4) is 0 Å². The van der Waals surface area contributed by atoms with E-state index in [4.69, 9.17) is 12.3 Å². The van der Waals surface area contributed by atoms with E-state index in [0.717, 1.165) is 0 Å². The van der Waals surface area contributed by atoms with Crippen molar-refractivity contribution >= 4 is 54.9 Å². The molecule has 2 heterocycles. The molecule has 0 radical (unpaired) electrons. The Morgan fingerprint density at radius 2 is 1.22 bits per heavy atom. The summed E-state index contributed by atoms with van der Waals surface area (Å²) in [5.41, 5.74) is 0. The van der Waals surface area contributed by atoms with Crippen molar-refractivity contribution in [2.45, 2.75) is 0 Å². The van der Waals surface area contributed by atoms with Gasteiger partial charge in [0.2, 0.25) is 0 Å². The van der Waals surface area contributed by atoms with Gasteiger partial charge in [-0.3, -0.25) is 0 Å². The predicted molar refractivity (Wildman–Crippen MR) is 35.3 cm³/mol. The molecule has 0 unspecified atom stereocenters. The number of hydrogen-bond acceptors (Lipinski definition) is 6. The topological polar surface area (TPSA) is 36.9 Å². The zero-order valence-electron chi connectivity index (χ0n) is 3.95. The van der Waals surface area contributed by atoms with Crippen molar-refractivity contribution in [3.8, 4) is 0 Å². The van der Waals surface area contributed by atoms with Crippen molar-refractivity contribution in [1.82, 2.24) is 0 Å². The summed E-state index contributed by atoms with van der Waals surface area (Å²) < 4.78 is 19.3. The third-order valence-electron chi connectivity index (χ3n) is 0.833. The maximum atomic E-state index is 4.82. The van der Waals surface area contributed by atoms with E-state index < -0.39 is 20.0 Å². The van der Waals surface area contributed by atoms with Gasteiger partial charge in [-0.1, -0.05) is 0 Å². The van der Waals surface area contributed by atoms with E-state index in [1.165, 1.54) is 0 Å². The van der Waals surface area contributed by atoms with Gasteiger partial charge in [0, 0.05) is 0 Å². The normalized spacial score (nSPS) is 26.2. The van der Waals surface area contributed by atoms with Crippen LogP contribution in [0.5, 0.6) is 0 Å². The Kier molecular flexibility index (Phi) is 1.06. The minimum absolute atomic E-state index is 0.105. The van der Waals surface area contributed by atoms with E-state index in [1.54, 1.807) is 0 Å². The first-order valence-electron chi connectivity index (χ1n) is 2.04. The molecule has 0 N–H and O–H groups in total. The van der Waals surface area contributed by atoms with E-state index in [0.29, 0.717) is 0 Å². The van der Waals surface area contributed by atoms with Crippen LogP contribution in [0.1, 0.15) is 0 Å². The first kappa shape index (κ1) is 5.93. The number of rotatable bonds is 0.